The molecule has 5 heteroatoms. The minimum atomic E-state index is 0.580. The van der Waals surface area contributed by atoms with E-state index in [1.807, 2.05) is 12.1 Å². The molecule has 1 aliphatic heterocycles. The van der Waals surface area contributed by atoms with Gasteiger partial charge in [0, 0.05) is 24.8 Å². The summed E-state index contributed by atoms with van der Waals surface area (Å²) in [6.45, 7) is 6.63. The summed E-state index contributed by atoms with van der Waals surface area (Å²) >= 11 is 0. The number of nitrogens with zero attached hydrogens (tertiary/aromatic N) is 2. The Labute approximate surface area is 119 Å². The largest absolute Gasteiger partial charge is 0.423 e. The SMILES string of the molecule is CC1CCN(CCNc2nc3ccc(N)cc3o2)CC1. The molecule has 3 N–H and O–H groups in total. The molecule has 0 saturated carbocycles. The summed E-state index contributed by atoms with van der Waals surface area (Å²) in [5.74, 6) is 0.877. The van der Waals surface area contributed by atoms with Crippen LogP contribution in [-0.4, -0.2) is 36.1 Å². The first-order valence-corrected chi connectivity index (χ1v) is 7.33. The number of piperidine rings is 1. The molecule has 0 spiro atoms. The summed E-state index contributed by atoms with van der Waals surface area (Å²) in [5.41, 5.74) is 8.00. The maximum atomic E-state index is 5.73. The summed E-state index contributed by atoms with van der Waals surface area (Å²) in [7, 11) is 0. The lowest BCUT2D eigenvalue weighted by atomic mass is 9.99. The van der Waals surface area contributed by atoms with Gasteiger partial charge in [-0.25, -0.2) is 0 Å². The van der Waals surface area contributed by atoms with E-state index in [4.69, 9.17) is 10.2 Å². The second-order valence-electron chi connectivity index (χ2n) is 5.70. The van der Waals surface area contributed by atoms with Crippen molar-refractivity contribution in [3.8, 4) is 0 Å². The second kappa shape index (κ2) is 5.71. The Morgan fingerprint density at radius 3 is 3.00 bits per heavy atom. The van der Waals surface area contributed by atoms with Gasteiger partial charge in [-0.1, -0.05) is 6.92 Å². The van der Waals surface area contributed by atoms with E-state index in [-0.39, 0.29) is 0 Å². The minimum Gasteiger partial charge on any atom is -0.423 e. The van der Waals surface area contributed by atoms with Gasteiger partial charge in [-0.3, -0.25) is 0 Å². The third-order valence-corrected chi connectivity index (χ3v) is 3.99. The normalized spacial score (nSPS) is 17.6. The predicted octanol–water partition coefficient (Wildman–Crippen LogP) is 2.55. The maximum Gasteiger partial charge on any atom is 0.295 e. The van der Waals surface area contributed by atoms with Gasteiger partial charge in [0.2, 0.25) is 0 Å². The van der Waals surface area contributed by atoms with Crippen LogP contribution in [0, 0.1) is 5.92 Å². The van der Waals surface area contributed by atoms with Gasteiger partial charge in [0.15, 0.2) is 5.58 Å². The quantitative estimate of drug-likeness (QED) is 0.839. The molecule has 108 valence electrons. The van der Waals surface area contributed by atoms with E-state index in [9.17, 15) is 0 Å². The van der Waals surface area contributed by atoms with Gasteiger partial charge in [0.25, 0.3) is 6.01 Å². The summed E-state index contributed by atoms with van der Waals surface area (Å²) in [4.78, 5) is 6.89. The Bertz CT molecular complexity index is 572. The van der Waals surface area contributed by atoms with Gasteiger partial charge in [-0.05, 0) is 44.0 Å². The van der Waals surface area contributed by atoms with E-state index < -0.39 is 0 Å². The molecule has 2 heterocycles. The molecule has 1 saturated heterocycles. The second-order valence-corrected chi connectivity index (χ2v) is 5.70. The lowest BCUT2D eigenvalue weighted by Crippen LogP contribution is -2.36. The Hall–Kier alpha value is -1.75. The van der Waals surface area contributed by atoms with Gasteiger partial charge in [0.1, 0.15) is 5.52 Å². The number of nitrogens with one attached hydrogen (secondary N) is 1. The third kappa shape index (κ3) is 3.04. The zero-order chi connectivity index (χ0) is 13.9. The van der Waals surface area contributed by atoms with Crippen molar-refractivity contribution in [3.63, 3.8) is 0 Å². The molecule has 1 aliphatic rings. The van der Waals surface area contributed by atoms with Crippen molar-refractivity contribution in [3.05, 3.63) is 18.2 Å². The molecule has 0 atom stereocenters. The highest BCUT2D eigenvalue weighted by atomic mass is 16.4. The number of nitrogens with two attached hydrogens (primary N) is 1. The van der Waals surface area contributed by atoms with E-state index in [0.717, 1.165) is 30.1 Å². The Morgan fingerprint density at radius 1 is 1.40 bits per heavy atom. The van der Waals surface area contributed by atoms with E-state index in [1.54, 1.807) is 6.07 Å². The number of hydrogen-bond acceptors (Lipinski definition) is 5. The highest BCUT2D eigenvalue weighted by Gasteiger charge is 2.15. The fraction of sp³-hybridized carbons (Fsp3) is 0.533. The van der Waals surface area contributed by atoms with Crippen LogP contribution in [0.1, 0.15) is 19.8 Å². The predicted molar refractivity (Wildman–Crippen MR) is 81.7 cm³/mol. The highest BCUT2D eigenvalue weighted by molar-refractivity contribution is 5.78. The summed E-state index contributed by atoms with van der Waals surface area (Å²) in [6, 6.07) is 6.10. The Kier molecular flexibility index (Phi) is 3.78. The third-order valence-electron chi connectivity index (χ3n) is 3.99. The van der Waals surface area contributed by atoms with Crippen molar-refractivity contribution in [2.75, 3.05) is 37.2 Å². The fourth-order valence-electron chi connectivity index (χ4n) is 2.62. The van der Waals surface area contributed by atoms with Crippen molar-refractivity contribution >= 4 is 22.8 Å². The highest BCUT2D eigenvalue weighted by Crippen LogP contribution is 2.21. The van der Waals surface area contributed by atoms with Crippen LogP contribution >= 0.6 is 0 Å². The summed E-state index contributed by atoms with van der Waals surface area (Å²) < 4.78 is 5.63. The van der Waals surface area contributed by atoms with Gasteiger partial charge >= 0.3 is 0 Å². The molecular weight excluding hydrogens is 252 g/mol. The maximum absolute atomic E-state index is 5.73. The number of fused-ring (bicyclic) bond motifs is 1. The number of anilines is 2. The summed E-state index contributed by atoms with van der Waals surface area (Å²) in [6.07, 6.45) is 2.62. The molecule has 0 unspecified atom stereocenters. The molecule has 1 aromatic carbocycles. The van der Waals surface area contributed by atoms with E-state index >= 15 is 0 Å². The van der Waals surface area contributed by atoms with E-state index in [2.05, 4.69) is 22.1 Å². The van der Waals surface area contributed by atoms with Crippen molar-refractivity contribution in [2.45, 2.75) is 19.8 Å². The molecule has 1 aromatic heterocycles. The molecule has 0 bridgehead atoms. The Balaban J connectivity index is 1.52. The number of likely N-dealkylation sites (tertiary alicyclic amines) is 1. The topological polar surface area (TPSA) is 67.3 Å². The smallest absolute Gasteiger partial charge is 0.295 e. The number of benzene rings is 1. The van der Waals surface area contributed by atoms with Crippen molar-refractivity contribution in [2.24, 2.45) is 5.92 Å². The van der Waals surface area contributed by atoms with Crippen LogP contribution < -0.4 is 11.1 Å². The van der Waals surface area contributed by atoms with Crippen LogP contribution in [0.2, 0.25) is 0 Å². The lowest BCUT2D eigenvalue weighted by molar-refractivity contribution is 0.198. The Morgan fingerprint density at radius 2 is 2.20 bits per heavy atom. The number of hydrogen-bond donors (Lipinski definition) is 2. The molecule has 20 heavy (non-hydrogen) atoms. The van der Waals surface area contributed by atoms with Gasteiger partial charge < -0.3 is 20.4 Å². The number of nitrogen functional groups attached to an aromatic ring is 1. The molecule has 5 nitrogen and oxygen atoms in total. The van der Waals surface area contributed by atoms with Gasteiger partial charge in [-0.2, -0.15) is 4.98 Å². The molecule has 1 fully saturated rings. The molecule has 0 aliphatic carbocycles. The molecule has 0 radical (unpaired) electrons. The minimum absolute atomic E-state index is 0.580. The summed E-state index contributed by atoms with van der Waals surface area (Å²) in [5, 5.41) is 3.25. The van der Waals surface area contributed by atoms with Crippen LogP contribution in [0.15, 0.2) is 22.6 Å². The van der Waals surface area contributed by atoms with Crippen LogP contribution in [0.4, 0.5) is 11.7 Å². The first-order valence-electron chi connectivity index (χ1n) is 7.33. The van der Waals surface area contributed by atoms with Gasteiger partial charge in [-0.15, -0.1) is 0 Å². The van der Waals surface area contributed by atoms with Crippen molar-refractivity contribution in [1.82, 2.24) is 9.88 Å². The fourth-order valence-corrected chi connectivity index (χ4v) is 2.62. The first-order chi connectivity index (χ1) is 9.70. The number of aromatic nitrogens is 1. The average Bonchev–Trinajstić information content (AvgIpc) is 2.83. The zero-order valence-corrected chi connectivity index (χ0v) is 11.9. The van der Waals surface area contributed by atoms with Crippen LogP contribution in [-0.2, 0) is 0 Å². The van der Waals surface area contributed by atoms with Crippen molar-refractivity contribution < 1.29 is 4.42 Å². The monoisotopic (exact) mass is 274 g/mol. The zero-order valence-electron chi connectivity index (χ0n) is 11.9. The van der Waals surface area contributed by atoms with Crippen LogP contribution in [0.25, 0.3) is 11.1 Å². The first kappa shape index (κ1) is 13.2. The van der Waals surface area contributed by atoms with Gasteiger partial charge in [0.05, 0.1) is 0 Å². The molecule has 3 rings (SSSR count). The van der Waals surface area contributed by atoms with Crippen LogP contribution in [0.5, 0.6) is 0 Å². The van der Waals surface area contributed by atoms with Crippen LogP contribution in [0.3, 0.4) is 0 Å². The number of oxazole rings is 1. The molecular formula is C15H22N4O. The standard InChI is InChI=1S/C15H22N4O/c1-11-4-7-19(8-5-11)9-6-17-15-18-13-3-2-12(16)10-14(13)20-15/h2-3,10-11H,4-9,16H2,1H3,(H,17,18). The van der Waals surface area contributed by atoms with E-state index in [0.29, 0.717) is 11.7 Å². The van der Waals surface area contributed by atoms with E-state index in [1.165, 1.54) is 25.9 Å². The number of rotatable bonds is 4. The van der Waals surface area contributed by atoms with Crippen molar-refractivity contribution in [1.29, 1.82) is 0 Å². The lowest BCUT2D eigenvalue weighted by Gasteiger charge is -2.29. The molecule has 0 amide bonds. The average molecular weight is 274 g/mol. The molecule has 2 aromatic rings.